The van der Waals surface area contributed by atoms with Crippen molar-refractivity contribution in [1.29, 1.82) is 0 Å². The highest BCUT2D eigenvalue weighted by molar-refractivity contribution is 5.99. The molecule has 2 fully saturated rings. The number of urea groups is 1. The van der Waals surface area contributed by atoms with Crippen molar-refractivity contribution >= 4 is 17.4 Å². The highest BCUT2D eigenvalue weighted by Gasteiger charge is 2.25. The number of rotatable bonds is 5. The molecule has 0 atom stereocenters. The van der Waals surface area contributed by atoms with E-state index in [1.165, 1.54) is 45.2 Å². The van der Waals surface area contributed by atoms with E-state index in [1.54, 1.807) is 6.07 Å². The maximum atomic E-state index is 13.3. The molecule has 2 saturated heterocycles. The Labute approximate surface area is 182 Å². The molecule has 2 aliphatic rings. The number of anilines is 2. The number of nitrogens with zero attached hydrogens (tertiary/aromatic N) is 2. The molecule has 2 aromatic carbocycles. The molecule has 2 N–H and O–H groups in total. The van der Waals surface area contributed by atoms with Crippen LogP contribution in [0.4, 0.5) is 25.0 Å². The van der Waals surface area contributed by atoms with E-state index < -0.39 is 17.7 Å². The van der Waals surface area contributed by atoms with Crippen molar-refractivity contribution in [3.05, 3.63) is 59.7 Å². The van der Waals surface area contributed by atoms with Gasteiger partial charge in [0, 0.05) is 30.0 Å². The van der Waals surface area contributed by atoms with E-state index in [2.05, 4.69) is 26.5 Å². The lowest BCUT2D eigenvalue weighted by Gasteiger charge is -2.40. The minimum Gasteiger partial charge on any atom is -0.308 e. The topological polar surface area (TPSA) is 47.6 Å². The van der Waals surface area contributed by atoms with Crippen LogP contribution in [0, 0.1) is 11.6 Å². The molecule has 2 aliphatic heterocycles. The van der Waals surface area contributed by atoms with Gasteiger partial charge in [0.15, 0.2) is 0 Å². The van der Waals surface area contributed by atoms with E-state index in [1.807, 2.05) is 12.1 Å². The third kappa shape index (κ3) is 6.24. The maximum absolute atomic E-state index is 13.3. The Morgan fingerprint density at radius 2 is 1.55 bits per heavy atom. The summed E-state index contributed by atoms with van der Waals surface area (Å²) in [5.41, 5.74) is 1.85. The van der Waals surface area contributed by atoms with Crippen molar-refractivity contribution in [3.8, 4) is 0 Å². The maximum Gasteiger partial charge on any atom is 0.323 e. The summed E-state index contributed by atoms with van der Waals surface area (Å²) in [5.74, 6) is -1.47. The Morgan fingerprint density at radius 3 is 2.26 bits per heavy atom. The number of nitrogens with one attached hydrogen (secondary N) is 2. The summed E-state index contributed by atoms with van der Waals surface area (Å²) >= 11 is 0. The summed E-state index contributed by atoms with van der Waals surface area (Å²) < 4.78 is 26.6. The smallest absolute Gasteiger partial charge is 0.308 e. The van der Waals surface area contributed by atoms with Crippen LogP contribution in [0.5, 0.6) is 0 Å². The van der Waals surface area contributed by atoms with Crippen molar-refractivity contribution in [2.75, 3.05) is 36.8 Å². The summed E-state index contributed by atoms with van der Waals surface area (Å²) in [5, 5.41) is 5.20. The molecule has 31 heavy (non-hydrogen) atoms. The van der Waals surface area contributed by atoms with Crippen molar-refractivity contribution in [3.63, 3.8) is 0 Å². The monoisotopic (exact) mass is 428 g/mol. The van der Waals surface area contributed by atoms with Crippen molar-refractivity contribution < 1.29 is 13.6 Å². The summed E-state index contributed by atoms with van der Waals surface area (Å²) in [4.78, 5) is 17.4. The number of likely N-dealkylation sites (tertiary alicyclic amines) is 2. The molecular formula is C24H30F2N4O. The first-order valence-corrected chi connectivity index (χ1v) is 11.1. The third-order valence-electron chi connectivity index (χ3n) is 6.18. The van der Waals surface area contributed by atoms with Gasteiger partial charge in [-0.3, -0.25) is 4.90 Å². The van der Waals surface area contributed by atoms with E-state index in [0.29, 0.717) is 5.69 Å². The molecular weight excluding hydrogens is 398 g/mol. The van der Waals surface area contributed by atoms with Crippen LogP contribution in [0.25, 0.3) is 0 Å². The van der Waals surface area contributed by atoms with Gasteiger partial charge in [-0.1, -0.05) is 18.6 Å². The van der Waals surface area contributed by atoms with Gasteiger partial charge in [0.25, 0.3) is 0 Å². The first kappa shape index (κ1) is 21.7. The van der Waals surface area contributed by atoms with Gasteiger partial charge in [-0.05, 0) is 81.7 Å². The van der Waals surface area contributed by atoms with E-state index in [4.69, 9.17) is 0 Å². The second kappa shape index (κ2) is 10.2. The summed E-state index contributed by atoms with van der Waals surface area (Å²) in [6, 6.07) is 10.8. The molecule has 2 heterocycles. The van der Waals surface area contributed by atoms with Crippen LogP contribution in [-0.2, 0) is 6.54 Å². The molecule has 5 nitrogen and oxygen atoms in total. The number of amides is 2. The zero-order valence-electron chi connectivity index (χ0n) is 17.7. The zero-order valence-corrected chi connectivity index (χ0v) is 17.7. The van der Waals surface area contributed by atoms with Crippen LogP contribution < -0.4 is 10.6 Å². The van der Waals surface area contributed by atoms with Crippen LogP contribution in [0.1, 0.15) is 37.7 Å². The number of carbonyl (C=O) groups is 1. The standard InChI is InChI=1S/C24H30F2N4O/c25-19-14-20(26)16-22(15-19)28-24(31)27-21-6-4-5-18(13-21)17-29-11-7-23(8-12-29)30-9-2-1-3-10-30/h4-6,13-16,23H,1-3,7-12,17H2,(H2,27,28,31). The molecule has 7 heteroatoms. The van der Waals surface area contributed by atoms with Crippen molar-refractivity contribution in [2.24, 2.45) is 0 Å². The van der Waals surface area contributed by atoms with Gasteiger partial charge in [0.05, 0.1) is 0 Å². The number of hydrogen-bond acceptors (Lipinski definition) is 3. The van der Waals surface area contributed by atoms with Gasteiger partial charge >= 0.3 is 6.03 Å². The Balaban J connectivity index is 1.28. The first-order valence-electron chi connectivity index (χ1n) is 11.1. The highest BCUT2D eigenvalue weighted by atomic mass is 19.1. The van der Waals surface area contributed by atoms with Crippen LogP contribution >= 0.6 is 0 Å². The molecule has 0 unspecified atom stereocenters. The minimum absolute atomic E-state index is 0.0720. The molecule has 0 aliphatic carbocycles. The molecule has 0 radical (unpaired) electrons. The average molecular weight is 429 g/mol. The number of carbonyl (C=O) groups excluding carboxylic acids is 1. The van der Waals surface area contributed by atoms with Gasteiger partial charge in [0.1, 0.15) is 11.6 Å². The molecule has 166 valence electrons. The summed E-state index contributed by atoms with van der Waals surface area (Å²) in [6.45, 7) is 5.53. The quantitative estimate of drug-likeness (QED) is 0.700. The Morgan fingerprint density at radius 1 is 0.871 bits per heavy atom. The van der Waals surface area contributed by atoms with Crippen LogP contribution in [0.2, 0.25) is 0 Å². The minimum atomic E-state index is -0.735. The molecule has 0 saturated carbocycles. The van der Waals surface area contributed by atoms with Crippen molar-refractivity contribution in [2.45, 2.75) is 44.7 Å². The summed E-state index contributed by atoms with van der Waals surface area (Å²) in [7, 11) is 0. The van der Waals surface area contributed by atoms with Crippen LogP contribution in [-0.4, -0.2) is 48.1 Å². The lowest BCUT2D eigenvalue weighted by Crippen LogP contribution is -2.46. The number of hydrogen-bond donors (Lipinski definition) is 2. The van der Waals surface area contributed by atoms with Crippen LogP contribution in [0.15, 0.2) is 42.5 Å². The Kier molecular flexibility index (Phi) is 7.14. The average Bonchev–Trinajstić information content (AvgIpc) is 2.74. The zero-order chi connectivity index (χ0) is 21.6. The largest absolute Gasteiger partial charge is 0.323 e. The number of benzene rings is 2. The van der Waals surface area contributed by atoms with Gasteiger partial charge in [0.2, 0.25) is 0 Å². The molecule has 0 bridgehead atoms. The first-order chi connectivity index (χ1) is 15.0. The fourth-order valence-electron chi connectivity index (χ4n) is 4.65. The third-order valence-corrected chi connectivity index (χ3v) is 6.18. The van der Waals surface area contributed by atoms with Crippen LogP contribution in [0.3, 0.4) is 0 Å². The fraction of sp³-hybridized carbons (Fsp3) is 0.458. The van der Waals surface area contributed by atoms with E-state index in [0.717, 1.165) is 49.4 Å². The number of piperidine rings is 2. The molecule has 2 aromatic rings. The van der Waals surface area contributed by atoms with E-state index >= 15 is 0 Å². The lowest BCUT2D eigenvalue weighted by atomic mass is 9.99. The number of halogens is 2. The predicted molar refractivity (Wildman–Crippen MR) is 119 cm³/mol. The lowest BCUT2D eigenvalue weighted by molar-refractivity contribution is 0.0896. The van der Waals surface area contributed by atoms with Gasteiger partial charge in [-0.25, -0.2) is 13.6 Å². The fourth-order valence-corrected chi connectivity index (χ4v) is 4.65. The second-order valence-corrected chi connectivity index (χ2v) is 8.54. The van der Waals surface area contributed by atoms with E-state index in [-0.39, 0.29) is 5.69 Å². The second-order valence-electron chi connectivity index (χ2n) is 8.54. The SMILES string of the molecule is O=C(Nc1cc(F)cc(F)c1)Nc1cccc(CN2CCC(N3CCCCC3)CC2)c1. The predicted octanol–water partition coefficient (Wildman–Crippen LogP) is 5.06. The highest BCUT2D eigenvalue weighted by Crippen LogP contribution is 2.22. The normalized spacial score (nSPS) is 18.6. The molecule has 0 aromatic heterocycles. The molecule has 4 rings (SSSR count). The van der Waals surface area contributed by atoms with E-state index in [9.17, 15) is 13.6 Å². The van der Waals surface area contributed by atoms with Gasteiger partial charge in [-0.2, -0.15) is 0 Å². The van der Waals surface area contributed by atoms with Gasteiger partial charge in [-0.15, -0.1) is 0 Å². The van der Waals surface area contributed by atoms with Gasteiger partial charge < -0.3 is 15.5 Å². The Bertz CT molecular complexity index is 873. The van der Waals surface area contributed by atoms with Crippen molar-refractivity contribution in [1.82, 2.24) is 9.80 Å². The Hall–Kier alpha value is -2.51. The molecule has 2 amide bonds. The summed E-state index contributed by atoms with van der Waals surface area (Å²) in [6.07, 6.45) is 6.47. The molecule has 0 spiro atoms.